The molecule has 142 valence electrons. The zero-order valence-corrected chi connectivity index (χ0v) is 16.7. The molecule has 0 unspecified atom stereocenters. The molecule has 0 radical (unpaired) electrons. The lowest BCUT2D eigenvalue weighted by atomic mass is 10.1. The van der Waals surface area contributed by atoms with Crippen molar-refractivity contribution in [3.05, 3.63) is 59.6 Å². The van der Waals surface area contributed by atoms with Crippen molar-refractivity contribution in [2.45, 2.75) is 19.9 Å². The van der Waals surface area contributed by atoms with Gasteiger partial charge in [0.25, 0.3) is 5.91 Å². The van der Waals surface area contributed by atoms with Crippen molar-refractivity contribution in [3.63, 3.8) is 0 Å². The third-order valence-corrected chi connectivity index (χ3v) is 5.32. The van der Waals surface area contributed by atoms with E-state index < -0.39 is 0 Å². The summed E-state index contributed by atoms with van der Waals surface area (Å²) in [6, 6.07) is 13.3. The Balaban J connectivity index is 1.84. The quantitative estimate of drug-likeness (QED) is 0.519. The number of nitrogens with zero attached hydrogens (tertiary/aromatic N) is 3. The highest BCUT2D eigenvalue weighted by molar-refractivity contribution is 7.13. The molecule has 0 aliphatic rings. The van der Waals surface area contributed by atoms with Gasteiger partial charge in [-0.1, -0.05) is 18.2 Å². The van der Waals surface area contributed by atoms with Gasteiger partial charge >= 0.3 is 0 Å². The van der Waals surface area contributed by atoms with Crippen molar-refractivity contribution < 1.29 is 9.53 Å². The first-order valence-electron chi connectivity index (χ1n) is 8.95. The molecule has 6 nitrogen and oxygen atoms in total. The second-order valence-corrected chi connectivity index (χ2v) is 7.55. The lowest BCUT2D eigenvalue weighted by molar-refractivity contribution is 0.102. The number of para-hydroxylation sites is 2. The van der Waals surface area contributed by atoms with E-state index in [2.05, 4.69) is 10.4 Å². The summed E-state index contributed by atoms with van der Waals surface area (Å²) in [5.41, 5.74) is 2.61. The van der Waals surface area contributed by atoms with Crippen LogP contribution in [0.5, 0.6) is 5.75 Å². The lowest BCUT2D eigenvalue weighted by Crippen LogP contribution is -2.14. The van der Waals surface area contributed by atoms with Crippen LogP contribution in [-0.4, -0.2) is 27.8 Å². The molecule has 0 saturated heterocycles. The summed E-state index contributed by atoms with van der Waals surface area (Å²) in [5.74, 6) is 0.385. The average molecular weight is 392 g/mol. The molecule has 0 aliphatic carbocycles. The van der Waals surface area contributed by atoms with Crippen LogP contribution in [-0.2, 0) is 0 Å². The number of carbonyl (C=O) groups excluding carboxylic acids is 1. The molecule has 0 spiro atoms. The summed E-state index contributed by atoms with van der Waals surface area (Å²) in [6.07, 6.45) is 1.71. The molecule has 4 aromatic rings. The van der Waals surface area contributed by atoms with Gasteiger partial charge in [0, 0.05) is 6.04 Å². The first-order chi connectivity index (χ1) is 13.6. The second kappa shape index (κ2) is 7.44. The van der Waals surface area contributed by atoms with E-state index in [9.17, 15) is 4.79 Å². The van der Waals surface area contributed by atoms with E-state index in [1.807, 2.05) is 66.4 Å². The topological polar surface area (TPSA) is 69.0 Å². The van der Waals surface area contributed by atoms with Gasteiger partial charge in [-0.25, -0.2) is 9.67 Å². The van der Waals surface area contributed by atoms with Crippen molar-refractivity contribution in [2.75, 3.05) is 12.4 Å². The molecule has 7 heteroatoms. The van der Waals surface area contributed by atoms with Gasteiger partial charge in [-0.3, -0.25) is 4.79 Å². The Morgan fingerprint density at radius 2 is 2.04 bits per heavy atom. The molecule has 0 atom stereocenters. The SMILES string of the molecule is COc1ccccc1NC(=O)c1cc(-c2cccs2)nc2c1cnn2C(C)C. The molecule has 3 aromatic heterocycles. The predicted molar refractivity (Wildman–Crippen MR) is 112 cm³/mol. The Labute approximate surface area is 166 Å². The Morgan fingerprint density at radius 3 is 2.75 bits per heavy atom. The van der Waals surface area contributed by atoms with Crippen LogP contribution in [0, 0.1) is 0 Å². The molecule has 3 heterocycles. The molecule has 1 aromatic carbocycles. The summed E-state index contributed by atoms with van der Waals surface area (Å²) in [5, 5.41) is 10.1. The number of thiophene rings is 1. The maximum absolute atomic E-state index is 13.2. The highest BCUT2D eigenvalue weighted by Crippen LogP contribution is 2.30. The number of hydrogen-bond donors (Lipinski definition) is 1. The van der Waals surface area contributed by atoms with Gasteiger partial charge in [-0.15, -0.1) is 11.3 Å². The van der Waals surface area contributed by atoms with Gasteiger partial charge in [0.2, 0.25) is 0 Å². The Morgan fingerprint density at radius 1 is 1.21 bits per heavy atom. The number of anilines is 1. The maximum Gasteiger partial charge on any atom is 0.256 e. The smallest absolute Gasteiger partial charge is 0.256 e. The molecular weight excluding hydrogens is 372 g/mol. The Bertz CT molecular complexity index is 1130. The minimum atomic E-state index is -0.224. The number of nitrogens with one attached hydrogen (secondary N) is 1. The summed E-state index contributed by atoms with van der Waals surface area (Å²) < 4.78 is 7.19. The third kappa shape index (κ3) is 3.25. The molecule has 1 amide bonds. The molecule has 0 aliphatic heterocycles. The molecule has 1 N–H and O–H groups in total. The summed E-state index contributed by atoms with van der Waals surface area (Å²) in [4.78, 5) is 19.0. The van der Waals surface area contributed by atoms with Gasteiger partial charge in [0.1, 0.15) is 5.75 Å². The molecule has 0 bridgehead atoms. The predicted octanol–water partition coefficient (Wildman–Crippen LogP) is 5.00. The highest BCUT2D eigenvalue weighted by Gasteiger charge is 2.19. The number of ether oxygens (including phenoxy) is 1. The van der Waals surface area contributed by atoms with E-state index in [0.717, 1.165) is 16.0 Å². The van der Waals surface area contributed by atoms with Crippen LogP contribution < -0.4 is 10.1 Å². The molecule has 0 fully saturated rings. The zero-order valence-electron chi connectivity index (χ0n) is 15.8. The van der Waals surface area contributed by atoms with Crippen molar-refractivity contribution in [1.29, 1.82) is 0 Å². The van der Waals surface area contributed by atoms with Crippen LogP contribution in [0.25, 0.3) is 21.6 Å². The molecule has 28 heavy (non-hydrogen) atoms. The van der Waals surface area contributed by atoms with Gasteiger partial charge < -0.3 is 10.1 Å². The van der Waals surface area contributed by atoms with Gasteiger partial charge in [0.15, 0.2) is 5.65 Å². The number of aromatic nitrogens is 3. The highest BCUT2D eigenvalue weighted by atomic mass is 32.1. The van der Waals surface area contributed by atoms with Crippen molar-refractivity contribution in [2.24, 2.45) is 0 Å². The first kappa shape index (κ1) is 18.2. The third-order valence-electron chi connectivity index (χ3n) is 4.43. The van der Waals surface area contributed by atoms with Crippen LogP contribution in [0.4, 0.5) is 5.69 Å². The fourth-order valence-corrected chi connectivity index (χ4v) is 3.76. The minimum Gasteiger partial charge on any atom is -0.495 e. The molecule has 4 rings (SSSR count). The lowest BCUT2D eigenvalue weighted by Gasteiger charge is -2.12. The number of hydrogen-bond acceptors (Lipinski definition) is 5. The minimum absolute atomic E-state index is 0.133. The fraction of sp³-hybridized carbons (Fsp3) is 0.190. The fourth-order valence-electron chi connectivity index (χ4n) is 3.07. The van der Waals surface area contributed by atoms with Crippen LogP contribution in [0.3, 0.4) is 0 Å². The maximum atomic E-state index is 13.2. The number of fused-ring (bicyclic) bond motifs is 1. The number of carbonyl (C=O) groups is 1. The van der Waals surface area contributed by atoms with E-state index >= 15 is 0 Å². The van der Waals surface area contributed by atoms with E-state index in [0.29, 0.717) is 22.6 Å². The standard InChI is InChI=1S/C21H20N4O2S/c1-13(2)25-20-15(12-22-25)14(11-17(23-20)19-9-6-10-28-19)21(26)24-16-7-4-5-8-18(16)27-3/h4-13H,1-3H3,(H,24,26). The van der Waals surface area contributed by atoms with E-state index in [-0.39, 0.29) is 11.9 Å². The molecular formula is C21H20N4O2S. The average Bonchev–Trinajstić information content (AvgIpc) is 3.37. The van der Waals surface area contributed by atoms with Crippen molar-refractivity contribution in [3.8, 4) is 16.3 Å². The normalized spacial score (nSPS) is 11.1. The van der Waals surface area contributed by atoms with Gasteiger partial charge in [-0.05, 0) is 43.5 Å². The number of pyridine rings is 1. The number of benzene rings is 1. The van der Waals surface area contributed by atoms with Crippen LogP contribution in [0.15, 0.2) is 54.0 Å². The monoisotopic (exact) mass is 392 g/mol. The van der Waals surface area contributed by atoms with Crippen LogP contribution in [0.1, 0.15) is 30.2 Å². The summed E-state index contributed by atoms with van der Waals surface area (Å²) in [6.45, 7) is 4.08. The van der Waals surface area contributed by atoms with Crippen molar-refractivity contribution in [1.82, 2.24) is 14.8 Å². The summed E-state index contributed by atoms with van der Waals surface area (Å²) in [7, 11) is 1.58. The van der Waals surface area contributed by atoms with E-state index in [1.54, 1.807) is 24.6 Å². The Hall–Kier alpha value is -3.19. The largest absolute Gasteiger partial charge is 0.495 e. The van der Waals surface area contributed by atoms with E-state index in [1.165, 1.54) is 0 Å². The van der Waals surface area contributed by atoms with E-state index in [4.69, 9.17) is 9.72 Å². The number of methoxy groups -OCH3 is 1. The molecule has 0 saturated carbocycles. The second-order valence-electron chi connectivity index (χ2n) is 6.61. The number of rotatable bonds is 5. The number of amides is 1. The Kier molecular flexibility index (Phi) is 4.83. The van der Waals surface area contributed by atoms with Gasteiger partial charge in [0.05, 0.1) is 40.5 Å². The van der Waals surface area contributed by atoms with Crippen molar-refractivity contribution >= 4 is 34.0 Å². The van der Waals surface area contributed by atoms with Gasteiger partial charge in [-0.2, -0.15) is 5.10 Å². The zero-order chi connectivity index (χ0) is 19.7. The van der Waals surface area contributed by atoms with Crippen LogP contribution >= 0.6 is 11.3 Å². The van der Waals surface area contributed by atoms with Crippen LogP contribution in [0.2, 0.25) is 0 Å². The first-order valence-corrected chi connectivity index (χ1v) is 9.83. The summed E-state index contributed by atoms with van der Waals surface area (Å²) >= 11 is 1.59.